The second-order valence-corrected chi connectivity index (χ2v) is 8.36. The van der Waals surface area contributed by atoms with Crippen molar-refractivity contribution in [3.8, 4) is 5.75 Å². The highest BCUT2D eigenvalue weighted by atomic mass is 16.5. The maximum absolute atomic E-state index is 12.6. The number of carbonyl (C=O) groups is 2. The summed E-state index contributed by atoms with van der Waals surface area (Å²) in [6, 6.07) is 27.5. The molecular formula is C28H30N2O3. The average Bonchev–Trinajstić information content (AvgIpc) is 2.88. The van der Waals surface area contributed by atoms with Crippen molar-refractivity contribution >= 4 is 11.7 Å². The number of hydrogen-bond donors (Lipinski definition) is 0. The van der Waals surface area contributed by atoms with Crippen molar-refractivity contribution in [3.63, 3.8) is 0 Å². The van der Waals surface area contributed by atoms with E-state index in [0.29, 0.717) is 25.3 Å². The lowest BCUT2D eigenvalue weighted by Gasteiger charge is -2.34. The third kappa shape index (κ3) is 6.77. The molecule has 0 N–H and O–H groups in total. The molecular weight excluding hydrogens is 412 g/mol. The van der Waals surface area contributed by atoms with Crippen molar-refractivity contribution in [2.75, 3.05) is 26.2 Å². The van der Waals surface area contributed by atoms with Gasteiger partial charge in [0.25, 0.3) is 0 Å². The first-order valence-electron chi connectivity index (χ1n) is 11.5. The van der Waals surface area contributed by atoms with E-state index in [1.807, 2.05) is 53.4 Å². The summed E-state index contributed by atoms with van der Waals surface area (Å²) in [6.07, 6.45) is 0.483. The molecule has 5 heteroatoms. The first-order valence-corrected chi connectivity index (χ1v) is 11.5. The Morgan fingerprint density at radius 1 is 0.697 bits per heavy atom. The number of Topliss-reactive ketones (excluding diaryl/α,β-unsaturated/α-hetero) is 1. The number of benzene rings is 3. The molecule has 0 aromatic heterocycles. The van der Waals surface area contributed by atoms with E-state index in [2.05, 4.69) is 29.2 Å². The highest BCUT2D eigenvalue weighted by Crippen LogP contribution is 2.16. The van der Waals surface area contributed by atoms with Crippen molar-refractivity contribution in [3.05, 3.63) is 102 Å². The predicted octanol–water partition coefficient (Wildman–Crippen LogP) is 4.57. The molecule has 4 rings (SSSR count). The molecule has 1 amide bonds. The summed E-state index contributed by atoms with van der Waals surface area (Å²) in [5, 5.41) is 0. The van der Waals surface area contributed by atoms with Gasteiger partial charge < -0.3 is 9.64 Å². The predicted molar refractivity (Wildman–Crippen MR) is 129 cm³/mol. The third-order valence-electron chi connectivity index (χ3n) is 5.96. The molecule has 3 aromatic rings. The quantitative estimate of drug-likeness (QED) is 0.456. The number of ether oxygens (including phenoxy) is 1. The van der Waals surface area contributed by atoms with E-state index >= 15 is 0 Å². The molecule has 0 radical (unpaired) electrons. The zero-order valence-electron chi connectivity index (χ0n) is 18.9. The van der Waals surface area contributed by atoms with Gasteiger partial charge in [-0.1, -0.05) is 60.7 Å². The highest BCUT2D eigenvalue weighted by molar-refractivity contribution is 5.98. The first kappa shape index (κ1) is 22.7. The van der Waals surface area contributed by atoms with Gasteiger partial charge in [-0.05, 0) is 35.4 Å². The van der Waals surface area contributed by atoms with Gasteiger partial charge in [-0.15, -0.1) is 0 Å². The van der Waals surface area contributed by atoms with Gasteiger partial charge in [0, 0.05) is 51.1 Å². The molecule has 1 heterocycles. The number of nitrogens with zero attached hydrogens (tertiary/aromatic N) is 2. The van der Waals surface area contributed by atoms with Gasteiger partial charge in [0.05, 0.1) is 0 Å². The minimum atomic E-state index is -0.0133. The molecule has 33 heavy (non-hydrogen) atoms. The Kier molecular flexibility index (Phi) is 7.88. The molecule has 0 bridgehead atoms. The topological polar surface area (TPSA) is 49.9 Å². The Labute approximate surface area is 195 Å². The number of piperazine rings is 1. The standard InChI is InChI=1S/C28H30N2O3/c31-27(25-11-13-26(14-12-25)33-22-24-9-5-2-6-10-24)15-16-28(32)30-19-17-29(18-20-30)21-23-7-3-1-4-8-23/h1-14H,15-22H2. The Morgan fingerprint density at radius 3 is 1.94 bits per heavy atom. The molecule has 170 valence electrons. The van der Waals surface area contributed by atoms with Crippen LogP contribution in [-0.4, -0.2) is 47.7 Å². The van der Waals surface area contributed by atoms with Crippen LogP contribution in [0.3, 0.4) is 0 Å². The van der Waals surface area contributed by atoms with Crippen molar-refractivity contribution < 1.29 is 14.3 Å². The van der Waals surface area contributed by atoms with Crippen LogP contribution in [0.25, 0.3) is 0 Å². The summed E-state index contributed by atoms with van der Waals surface area (Å²) < 4.78 is 5.77. The second-order valence-electron chi connectivity index (χ2n) is 8.36. The number of rotatable bonds is 9. The van der Waals surface area contributed by atoms with Crippen LogP contribution in [0.15, 0.2) is 84.9 Å². The van der Waals surface area contributed by atoms with E-state index in [9.17, 15) is 9.59 Å². The van der Waals surface area contributed by atoms with Crippen molar-refractivity contribution in [2.24, 2.45) is 0 Å². The van der Waals surface area contributed by atoms with E-state index in [1.165, 1.54) is 5.56 Å². The van der Waals surface area contributed by atoms with Crippen LogP contribution >= 0.6 is 0 Å². The summed E-state index contributed by atoms with van der Waals surface area (Å²) in [7, 11) is 0. The van der Waals surface area contributed by atoms with Crippen molar-refractivity contribution in [1.82, 2.24) is 9.80 Å². The normalized spacial score (nSPS) is 14.1. The van der Waals surface area contributed by atoms with Crippen LogP contribution < -0.4 is 4.74 Å². The Bertz CT molecular complexity index is 1030. The lowest BCUT2D eigenvalue weighted by Crippen LogP contribution is -2.48. The van der Waals surface area contributed by atoms with Gasteiger partial charge in [-0.3, -0.25) is 14.5 Å². The van der Waals surface area contributed by atoms with Crippen LogP contribution in [0.1, 0.15) is 34.3 Å². The SMILES string of the molecule is O=C(CCC(=O)N1CCN(Cc2ccccc2)CC1)c1ccc(OCc2ccccc2)cc1. The van der Waals surface area contributed by atoms with Crippen LogP contribution in [0.4, 0.5) is 0 Å². The molecule has 1 aliphatic rings. The highest BCUT2D eigenvalue weighted by Gasteiger charge is 2.21. The zero-order chi connectivity index (χ0) is 22.9. The van der Waals surface area contributed by atoms with Gasteiger partial charge in [-0.2, -0.15) is 0 Å². The van der Waals surface area contributed by atoms with Gasteiger partial charge in [0.15, 0.2) is 5.78 Å². The molecule has 3 aromatic carbocycles. The number of hydrogen-bond acceptors (Lipinski definition) is 4. The molecule has 0 saturated carbocycles. The molecule has 1 aliphatic heterocycles. The molecule has 0 unspecified atom stereocenters. The number of carbonyl (C=O) groups excluding carboxylic acids is 2. The maximum atomic E-state index is 12.6. The molecule has 0 atom stereocenters. The van der Waals surface area contributed by atoms with Crippen LogP contribution in [0, 0.1) is 0 Å². The maximum Gasteiger partial charge on any atom is 0.223 e. The van der Waals surface area contributed by atoms with Gasteiger partial charge >= 0.3 is 0 Å². The third-order valence-corrected chi connectivity index (χ3v) is 5.96. The fourth-order valence-corrected chi connectivity index (χ4v) is 4.00. The summed E-state index contributed by atoms with van der Waals surface area (Å²) in [5.41, 5.74) is 3.00. The van der Waals surface area contributed by atoms with Crippen LogP contribution in [-0.2, 0) is 17.9 Å². The van der Waals surface area contributed by atoms with E-state index < -0.39 is 0 Å². The Hall–Kier alpha value is -3.44. The van der Waals surface area contributed by atoms with Gasteiger partial charge in [0.1, 0.15) is 12.4 Å². The van der Waals surface area contributed by atoms with Crippen molar-refractivity contribution in [2.45, 2.75) is 26.0 Å². The van der Waals surface area contributed by atoms with Gasteiger partial charge in [-0.25, -0.2) is 0 Å². The van der Waals surface area contributed by atoms with Crippen LogP contribution in [0.5, 0.6) is 5.75 Å². The number of amides is 1. The summed E-state index contributed by atoms with van der Waals surface area (Å²) in [4.78, 5) is 29.4. The Balaban J connectivity index is 1.18. The fraction of sp³-hybridized carbons (Fsp3) is 0.286. The minimum absolute atomic E-state index is 0.0133. The van der Waals surface area contributed by atoms with E-state index in [-0.39, 0.29) is 24.5 Å². The van der Waals surface area contributed by atoms with E-state index in [4.69, 9.17) is 4.74 Å². The zero-order valence-corrected chi connectivity index (χ0v) is 18.9. The summed E-state index contributed by atoms with van der Waals surface area (Å²) in [6.45, 7) is 4.55. The smallest absolute Gasteiger partial charge is 0.223 e. The fourth-order valence-electron chi connectivity index (χ4n) is 4.00. The summed E-state index contributed by atoms with van der Waals surface area (Å²) in [5.74, 6) is 0.769. The molecule has 0 spiro atoms. The second kappa shape index (κ2) is 11.4. The first-order chi connectivity index (χ1) is 16.2. The largest absolute Gasteiger partial charge is 0.489 e. The van der Waals surface area contributed by atoms with E-state index in [0.717, 1.165) is 30.9 Å². The lowest BCUT2D eigenvalue weighted by atomic mass is 10.1. The van der Waals surface area contributed by atoms with Crippen LogP contribution in [0.2, 0.25) is 0 Å². The van der Waals surface area contributed by atoms with Crippen molar-refractivity contribution in [1.29, 1.82) is 0 Å². The molecule has 5 nitrogen and oxygen atoms in total. The lowest BCUT2D eigenvalue weighted by molar-refractivity contribution is -0.132. The molecule has 1 fully saturated rings. The average molecular weight is 443 g/mol. The monoisotopic (exact) mass is 442 g/mol. The van der Waals surface area contributed by atoms with Gasteiger partial charge in [0.2, 0.25) is 5.91 Å². The minimum Gasteiger partial charge on any atom is -0.489 e. The Morgan fingerprint density at radius 2 is 1.30 bits per heavy atom. The van der Waals surface area contributed by atoms with E-state index in [1.54, 1.807) is 12.1 Å². The molecule has 0 aliphatic carbocycles. The summed E-state index contributed by atoms with van der Waals surface area (Å²) >= 11 is 0. The number of ketones is 1. The molecule has 1 saturated heterocycles.